The molecular formula is C19H26N2O5. The molecule has 0 bridgehead atoms. The Morgan fingerprint density at radius 2 is 1.88 bits per heavy atom. The molecule has 0 atom stereocenters. The van der Waals surface area contributed by atoms with Crippen LogP contribution in [0.25, 0.3) is 0 Å². The standard InChI is InChI=1S/C19H26N2O5/c1-19(2,3)26-18(23)21-7-5-20(6-8-21)11-13-9-14(24-4)10-15-16(22)12-25-17(13)15/h9-10H,5-8,11-12H2,1-4H3. The van der Waals surface area contributed by atoms with Crippen LogP contribution >= 0.6 is 0 Å². The molecule has 2 aliphatic rings. The average molecular weight is 362 g/mol. The zero-order valence-corrected chi connectivity index (χ0v) is 15.8. The molecule has 0 aliphatic carbocycles. The van der Waals surface area contributed by atoms with Gasteiger partial charge in [0.05, 0.1) is 12.7 Å². The lowest BCUT2D eigenvalue weighted by Crippen LogP contribution is -2.49. The SMILES string of the molecule is COc1cc(CN2CCN(C(=O)OC(C)(C)C)CC2)c2c(c1)C(=O)CO2. The molecule has 1 saturated heterocycles. The van der Waals surface area contributed by atoms with Crippen LogP contribution in [-0.4, -0.2) is 67.2 Å². The summed E-state index contributed by atoms with van der Waals surface area (Å²) in [5.41, 5.74) is 1.04. The number of amides is 1. The predicted octanol–water partition coefficient (Wildman–Crippen LogP) is 2.32. The minimum atomic E-state index is -0.487. The topological polar surface area (TPSA) is 68.3 Å². The number of piperazine rings is 1. The van der Waals surface area contributed by atoms with E-state index in [0.29, 0.717) is 36.7 Å². The van der Waals surface area contributed by atoms with Gasteiger partial charge in [0.1, 0.15) is 17.1 Å². The number of rotatable bonds is 3. The first-order chi connectivity index (χ1) is 12.3. The highest BCUT2D eigenvalue weighted by Crippen LogP contribution is 2.34. The summed E-state index contributed by atoms with van der Waals surface area (Å²) in [6, 6.07) is 3.65. The zero-order valence-electron chi connectivity index (χ0n) is 15.8. The Labute approximate surface area is 153 Å². The van der Waals surface area contributed by atoms with E-state index >= 15 is 0 Å². The van der Waals surface area contributed by atoms with Crippen LogP contribution in [0.2, 0.25) is 0 Å². The van der Waals surface area contributed by atoms with E-state index in [2.05, 4.69) is 4.90 Å². The van der Waals surface area contributed by atoms with E-state index in [1.54, 1.807) is 18.1 Å². The molecule has 7 heteroatoms. The molecule has 2 heterocycles. The van der Waals surface area contributed by atoms with Gasteiger partial charge in [0, 0.05) is 38.3 Å². The molecule has 0 spiro atoms. The fourth-order valence-corrected chi connectivity index (χ4v) is 3.14. The van der Waals surface area contributed by atoms with Crippen LogP contribution in [0.4, 0.5) is 4.79 Å². The second-order valence-corrected chi connectivity index (χ2v) is 7.62. The summed E-state index contributed by atoms with van der Waals surface area (Å²) >= 11 is 0. The third-order valence-electron chi connectivity index (χ3n) is 4.44. The molecule has 0 radical (unpaired) electrons. The van der Waals surface area contributed by atoms with Gasteiger partial charge in [-0.1, -0.05) is 0 Å². The monoisotopic (exact) mass is 362 g/mol. The molecule has 0 saturated carbocycles. The van der Waals surface area contributed by atoms with Crippen molar-refractivity contribution in [3.63, 3.8) is 0 Å². The Hall–Kier alpha value is -2.28. The Bertz CT molecular complexity index is 703. The van der Waals surface area contributed by atoms with Crippen LogP contribution in [0.15, 0.2) is 12.1 Å². The quantitative estimate of drug-likeness (QED) is 0.822. The molecule has 7 nitrogen and oxygen atoms in total. The van der Waals surface area contributed by atoms with Gasteiger partial charge in [-0.05, 0) is 32.9 Å². The summed E-state index contributed by atoms with van der Waals surface area (Å²) in [7, 11) is 1.59. The maximum absolute atomic E-state index is 12.2. The molecule has 1 aromatic carbocycles. The molecule has 0 unspecified atom stereocenters. The molecule has 0 N–H and O–H groups in total. The van der Waals surface area contributed by atoms with Gasteiger partial charge in [0.2, 0.25) is 5.78 Å². The van der Waals surface area contributed by atoms with Crippen molar-refractivity contribution in [2.45, 2.75) is 32.9 Å². The lowest BCUT2D eigenvalue weighted by Gasteiger charge is -2.35. The van der Waals surface area contributed by atoms with Crippen molar-refractivity contribution in [1.29, 1.82) is 0 Å². The van der Waals surface area contributed by atoms with E-state index in [0.717, 1.165) is 18.7 Å². The van der Waals surface area contributed by atoms with Gasteiger partial charge in [-0.3, -0.25) is 9.69 Å². The van der Waals surface area contributed by atoms with Crippen LogP contribution in [0.1, 0.15) is 36.7 Å². The summed E-state index contributed by atoms with van der Waals surface area (Å²) in [5.74, 6) is 1.30. The third kappa shape index (κ3) is 4.09. The normalized spacial score (nSPS) is 17.7. The van der Waals surface area contributed by atoms with Gasteiger partial charge in [-0.2, -0.15) is 0 Å². The molecule has 1 amide bonds. The number of nitrogens with zero attached hydrogens (tertiary/aromatic N) is 2. The number of hydrogen-bond acceptors (Lipinski definition) is 6. The first-order valence-corrected chi connectivity index (χ1v) is 8.84. The summed E-state index contributed by atoms with van der Waals surface area (Å²) in [4.78, 5) is 28.1. The number of ketones is 1. The van der Waals surface area contributed by atoms with Crippen molar-refractivity contribution < 1.29 is 23.8 Å². The van der Waals surface area contributed by atoms with E-state index in [1.165, 1.54) is 0 Å². The third-order valence-corrected chi connectivity index (χ3v) is 4.44. The molecule has 1 fully saturated rings. The molecule has 26 heavy (non-hydrogen) atoms. The van der Waals surface area contributed by atoms with Gasteiger partial charge in [0.25, 0.3) is 0 Å². The van der Waals surface area contributed by atoms with Crippen LogP contribution in [0.3, 0.4) is 0 Å². The predicted molar refractivity (Wildman–Crippen MR) is 95.9 cm³/mol. The Morgan fingerprint density at radius 3 is 2.50 bits per heavy atom. The molecule has 0 aromatic heterocycles. The summed E-state index contributed by atoms with van der Waals surface area (Å²) in [6.45, 7) is 9.03. The maximum atomic E-state index is 12.2. The summed E-state index contributed by atoms with van der Waals surface area (Å²) < 4.78 is 16.3. The molecule has 2 aliphatic heterocycles. The molecule has 3 rings (SSSR count). The highest BCUT2D eigenvalue weighted by molar-refractivity contribution is 6.03. The second kappa shape index (κ2) is 7.15. The number of ether oxygens (including phenoxy) is 3. The first kappa shape index (κ1) is 18.5. The molecule has 1 aromatic rings. The number of methoxy groups -OCH3 is 1. The zero-order chi connectivity index (χ0) is 18.9. The van der Waals surface area contributed by atoms with E-state index in [1.807, 2.05) is 26.8 Å². The van der Waals surface area contributed by atoms with Crippen molar-refractivity contribution in [3.05, 3.63) is 23.3 Å². The fraction of sp³-hybridized carbons (Fsp3) is 0.579. The van der Waals surface area contributed by atoms with Crippen molar-refractivity contribution in [2.24, 2.45) is 0 Å². The van der Waals surface area contributed by atoms with Crippen molar-refractivity contribution in [3.8, 4) is 11.5 Å². The highest BCUT2D eigenvalue weighted by atomic mass is 16.6. The maximum Gasteiger partial charge on any atom is 0.410 e. The number of hydrogen-bond donors (Lipinski definition) is 0. The lowest BCUT2D eigenvalue weighted by atomic mass is 10.1. The van der Waals surface area contributed by atoms with E-state index in [9.17, 15) is 9.59 Å². The van der Waals surface area contributed by atoms with Gasteiger partial charge in [0.15, 0.2) is 6.61 Å². The van der Waals surface area contributed by atoms with Crippen molar-refractivity contribution in [2.75, 3.05) is 39.9 Å². The highest BCUT2D eigenvalue weighted by Gasteiger charge is 2.29. The Kier molecular flexibility index (Phi) is 5.09. The smallest absolute Gasteiger partial charge is 0.410 e. The summed E-state index contributed by atoms with van der Waals surface area (Å²) in [6.07, 6.45) is -0.270. The van der Waals surface area contributed by atoms with E-state index < -0.39 is 5.60 Å². The van der Waals surface area contributed by atoms with Crippen molar-refractivity contribution in [1.82, 2.24) is 9.80 Å². The van der Waals surface area contributed by atoms with E-state index in [-0.39, 0.29) is 18.5 Å². The number of carbonyl (C=O) groups is 2. The number of benzene rings is 1. The number of fused-ring (bicyclic) bond motifs is 1. The summed E-state index contributed by atoms with van der Waals surface area (Å²) in [5, 5.41) is 0. The van der Waals surface area contributed by atoms with Gasteiger partial charge < -0.3 is 19.1 Å². The molecular weight excluding hydrogens is 336 g/mol. The van der Waals surface area contributed by atoms with Crippen LogP contribution in [0, 0.1) is 0 Å². The Balaban J connectivity index is 1.64. The largest absolute Gasteiger partial charge is 0.497 e. The first-order valence-electron chi connectivity index (χ1n) is 8.84. The Morgan fingerprint density at radius 1 is 1.19 bits per heavy atom. The second-order valence-electron chi connectivity index (χ2n) is 7.62. The van der Waals surface area contributed by atoms with Gasteiger partial charge in [-0.25, -0.2) is 4.79 Å². The van der Waals surface area contributed by atoms with E-state index in [4.69, 9.17) is 14.2 Å². The van der Waals surface area contributed by atoms with Crippen molar-refractivity contribution >= 4 is 11.9 Å². The minimum absolute atomic E-state index is 0.0186. The van der Waals surface area contributed by atoms with Crippen LogP contribution < -0.4 is 9.47 Å². The average Bonchev–Trinajstić information content (AvgIpc) is 2.95. The number of carbonyl (C=O) groups excluding carboxylic acids is 2. The van der Waals surface area contributed by atoms with Gasteiger partial charge >= 0.3 is 6.09 Å². The molecule has 142 valence electrons. The van der Waals surface area contributed by atoms with Gasteiger partial charge in [-0.15, -0.1) is 0 Å². The lowest BCUT2D eigenvalue weighted by molar-refractivity contribution is 0.0138. The number of Topliss-reactive ketones (excluding diaryl/α,β-unsaturated/α-hetero) is 1. The fourth-order valence-electron chi connectivity index (χ4n) is 3.14. The van der Waals surface area contributed by atoms with Crippen LogP contribution in [0.5, 0.6) is 11.5 Å². The van der Waals surface area contributed by atoms with Crippen LogP contribution in [-0.2, 0) is 11.3 Å². The minimum Gasteiger partial charge on any atom is -0.497 e.